The van der Waals surface area contributed by atoms with Crippen LogP contribution in [-0.2, 0) is 5.41 Å². The fourth-order valence-corrected chi connectivity index (χ4v) is 2.77. The maximum absolute atomic E-state index is 12.0. The molecule has 0 aliphatic rings. The van der Waals surface area contributed by atoms with Crippen molar-refractivity contribution in [2.24, 2.45) is 0 Å². The van der Waals surface area contributed by atoms with Crippen LogP contribution >= 0.6 is 0 Å². The van der Waals surface area contributed by atoms with E-state index in [1.54, 1.807) is 12.1 Å². The van der Waals surface area contributed by atoms with Gasteiger partial charge < -0.3 is 9.67 Å². The smallest absolute Gasteiger partial charge is 0.335 e. The first-order valence-corrected chi connectivity index (χ1v) is 7.47. The highest BCUT2D eigenvalue weighted by molar-refractivity contribution is 6.09. The summed E-state index contributed by atoms with van der Waals surface area (Å²) in [6.45, 7) is 11.8. The zero-order chi connectivity index (χ0) is 16.8. The van der Waals surface area contributed by atoms with Crippen LogP contribution in [0.15, 0.2) is 18.3 Å². The number of aromatic carboxylic acids is 1. The molecule has 1 heterocycles. The average molecular weight is 301 g/mol. The molecule has 0 fully saturated rings. The van der Waals surface area contributed by atoms with Crippen molar-refractivity contribution >= 4 is 22.7 Å². The van der Waals surface area contributed by atoms with Crippen LogP contribution in [0.5, 0.6) is 0 Å². The number of nitrogens with zero attached hydrogens (tertiary/aromatic N) is 1. The van der Waals surface area contributed by atoms with Crippen LogP contribution in [0.3, 0.4) is 0 Å². The first-order chi connectivity index (χ1) is 10.0. The Kier molecular flexibility index (Phi) is 3.90. The van der Waals surface area contributed by atoms with Gasteiger partial charge in [-0.2, -0.15) is 0 Å². The molecule has 0 saturated carbocycles. The molecule has 22 heavy (non-hydrogen) atoms. The quantitative estimate of drug-likeness (QED) is 0.854. The Labute approximate surface area is 130 Å². The Bertz CT molecular complexity index is 761. The topological polar surface area (TPSA) is 59.3 Å². The monoisotopic (exact) mass is 301 g/mol. The summed E-state index contributed by atoms with van der Waals surface area (Å²) in [4.78, 5) is 23.4. The number of carboxylic acid groups (broad SMARTS) is 1. The van der Waals surface area contributed by atoms with E-state index in [-0.39, 0.29) is 22.8 Å². The number of fused-ring (bicyclic) bond motifs is 1. The van der Waals surface area contributed by atoms with Gasteiger partial charge >= 0.3 is 5.97 Å². The van der Waals surface area contributed by atoms with Crippen molar-refractivity contribution in [1.29, 1.82) is 0 Å². The van der Waals surface area contributed by atoms with Gasteiger partial charge in [0.2, 0.25) is 0 Å². The number of hydrogen-bond donors (Lipinski definition) is 1. The van der Waals surface area contributed by atoms with Crippen LogP contribution in [0.4, 0.5) is 0 Å². The van der Waals surface area contributed by atoms with Crippen molar-refractivity contribution in [1.82, 2.24) is 4.57 Å². The number of rotatable bonds is 3. The van der Waals surface area contributed by atoms with Gasteiger partial charge in [-0.05, 0) is 43.9 Å². The fraction of sp³-hybridized carbons (Fsp3) is 0.444. The van der Waals surface area contributed by atoms with E-state index in [4.69, 9.17) is 0 Å². The summed E-state index contributed by atoms with van der Waals surface area (Å²) in [6, 6.07) is 3.53. The van der Waals surface area contributed by atoms with Crippen molar-refractivity contribution in [3.05, 3.63) is 35.0 Å². The van der Waals surface area contributed by atoms with Crippen LogP contribution in [0.25, 0.3) is 10.9 Å². The molecule has 1 aromatic carbocycles. The zero-order valence-corrected chi connectivity index (χ0v) is 14.0. The third-order valence-electron chi connectivity index (χ3n) is 3.92. The molecule has 0 unspecified atom stereocenters. The number of hydrogen-bond acceptors (Lipinski definition) is 2. The minimum atomic E-state index is -0.973. The molecule has 2 rings (SSSR count). The molecule has 0 aliphatic heterocycles. The predicted molar refractivity (Wildman–Crippen MR) is 88.0 cm³/mol. The number of benzene rings is 1. The molecule has 0 amide bonds. The maximum Gasteiger partial charge on any atom is 0.335 e. The molecule has 4 heteroatoms. The van der Waals surface area contributed by atoms with E-state index in [9.17, 15) is 14.7 Å². The standard InChI is InChI=1S/C18H23NO3/c1-10(2)19-9-14(11(3)20)13-7-12(17(21)22)8-15(16(13)19)18(4,5)6/h7-10H,1-6H3,(H,21,22). The molecule has 4 nitrogen and oxygen atoms in total. The van der Waals surface area contributed by atoms with Crippen LogP contribution in [0.1, 0.15) is 73.9 Å². The summed E-state index contributed by atoms with van der Waals surface area (Å²) in [5.41, 5.74) is 2.49. The largest absolute Gasteiger partial charge is 0.478 e. The number of Topliss-reactive ketones (excluding diaryl/α,β-unsaturated/α-hetero) is 1. The molecule has 0 atom stereocenters. The molecule has 2 aromatic rings. The number of carbonyl (C=O) groups excluding carboxylic acids is 1. The summed E-state index contributed by atoms with van der Waals surface area (Å²) in [6.07, 6.45) is 1.85. The normalized spacial score (nSPS) is 12.1. The predicted octanol–water partition coefficient (Wildman–Crippen LogP) is 4.42. The lowest BCUT2D eigenvalue weighted by Gasteiger charge is -2.23. The van der Waals surface area contributed by atoms with E-state index >= 15 is 0 Å². The SMILES string of the molecule is CC(=O)c1cn(C(C)C)c2c(C(C)(C)C)cc(C(=O)O)cc12. The third kappa shape index (κ3) is 2.65. The van der Waals surface area contributed by atoms with E-state index in [1.165, 1.54) is 6.92 Å². The van der Waals surface area contributed by atoms with Crippen molar-refractivity contribution in [3.8, 4) is 0 Å². The van der Waals surface area contributed by atoms with Gasteiger partial charge in [-0.25, -0.2) is 4.79 Å². The molecule has 1 N–H and O–H groups in total. The van der Waals surface area contributed by atoms with Crippen molar-refractivity contribution < 1.29 is 14.7 Å². The fourth-order valence-electron chi connectivity index (χ4n) is 2.77. The second kappa shape index (κ2) is 5.27. The first-order valence-electron chi connectivity index (χ1n) is 7.47. The van der Waals surface area contributed by atoms with Gasteiger partial charge in [0.1, 0.15) is 0 Å². The highest BCUT2D eigenvalue weighted by Gasteiger charge is 2.25. The summed E-state index contributed by atoms with van der Waals surface area (Å²) in [5.74, 6) is -1.02. The molecule has 118 valence electrons. The molecule has 0 spiro atoms. The zero-order valence-electron chi connectivity index (χ0n) is 14.0. The van der Waals surface area contributed by atoms with Gasteiger partial charge in [0.15, 0.2) is 5.78 Å². The van der Waals surface area contributed by atoms with Crippen LogP contribution in [0, 0.1) is 0 Å². The van der Waals surface area contributed by atoms with Crippen LogP contribution in [-0.4, -0.2) is 21.4 Å². The summed E-state index contributed by atoms with van der Waals surface area (Å²) in [7, 11) is 0. The Morgan fingerprint density at radius 2 is 1.77 bits per heavy atom. The lowest BCUT2D eigenvalue weighted by atomic mass is 9.84. The Balaban J connectivity index is 3.02. The summed E-state index contributed by atoms with van der Waals surface area (Å²) >= 11 is 0. The number of ketones is 1. The lowest BCUT2D eigenvalue weighted by Crippen LogP contribution is -2.15. The van der Waals surface area contributed by atoms with E-state index in [0.717, 1.165) is 16.5 Å². The lowest BCUT2D eigenvalue weighted by molar-refractivity contribution is 0.0696. The minimum absolute atomic E-state index is 0.0493. The van der Waals surface area contributed by atoms with Crippen LogP contribution in [0.2, 0.25) is 0 Å². The highest BCUT2D eigenvalue weighted by atomic mass is 16.4. The molecule has 0 saturated heterocycles. The molecule has 0 bridgehead atoms. The number of aromatic nitrogens is 1. The molecule has 0 radical (unpaired) electrons. The van der Waals surface area contributed by atoms with Crippen molar-refractivity contribution in [3.63, 3.8) is 0 Å². The van der Waals surface area contributed by atoms with Gasteiger partial charge in [0.25, 0.3) is 0 Å². The van der Waals surface area contributed by atoms with E-state index in [2.05, 4.69) is 39.2 Å². The van der Waals surface area contributed by atoms with Gasteiger partial charge in [-0.1, -0.05) is 20.8 Å². The average Bonchev–Trinajstić information content (AvgIpc) is 2.75. The summed E-state index contributed by atoms with van der Waals surface area (Å²) < 4.78 is 2.07. The van der Waals surface area contributed by atoms with Crippen molar-refractivity contribution in [2.75, 3.05) is 0 Å². The van der Waals surface area contributed by atoms with Gasteiger partial charge in [-0.15, -0.1) is 0 Å². The number of carbonyl (C=O) groups is 2. The Morgan fingerprint density at radius 3 is 2.18 bits per heavy atom. The minimum Gasteiger partial charge on any atom is -0.478 e. The maximum atomic E-state index is 12.0. The highest BCUT2D eigenvalue weighted by Crippen LogP contribution is 2.35. The molecule has 1 aromatic heterocycles. The second-order valence-electron chi connectivity index (χ2n) is 7.08. The van der Waals surface area contributed by atoms with E-state index in [0.29, 0.717) is 5.56 Å². The van der Waals surface area contributed by atoms with E-state index < -0.39 is 5.97 Å². The number of carboxylic acids is 1. The third-order valence-corrected chi connectivity index (χ3v) is 3.92. The summed E-state index contributed by atoms with van der Waals surface area (Å²) in [5, 5.41) is 10.1. The molecular formula is C18H23NO3. The van der Waals surface area contributed by atoms with Gasteiger partial charge in [0.05, 0.1) is 11.1 Å². The van der Waals surface area contributed by atoms with Gasteiger partial charge in [-0.3, -0.25) is 4.79 Å². The Morgan fingerprint density at radius 1 is 1.18 bits per heavy atom. The molecular weight excluding hydrogens is 278 g/mol. The van der Waals surface area contributed by atoms with Crippen LogP contribution < -0.4 is 0 Å². The van der Waals surface area contributed by atoms with Gasteiger partial charge in [0, 0.05) is 23.2 Å². The van der Waals surface area contributed by atoms with Crippen molar-refractivity contribution in [2.45, 2.75) is 53.0 Å². The first kappa shape index (κ1) is 16.3. The van der Waals surface area contributed by atoms with E-state index in [1.807, 2.05) is 6.20 Å². The molecule has 0 aliphatic carbocycles. The Hall–Kier alpha value is -2.10. The second-order valence-corrected chi connectivity index (χ2v) is 7.08.